The van der Waals surface area contributed by atoms with E-state index in [0.29, 0.717) is 0 Å². The van der Waals surface area contributed by atoms with Crippen LogP contribution in [0.25, 0.3) is 32.6 Å². The van der Waals surface area contributed by atoms with Gasteiger partial charge in [0.15, 0.2) is 17.3 Å². The molecule has 2 aliphatic heterocycles. The number of anilines is 1. The average molecular weight is 434 g/mol. The van der Waals surface area contributed by atoms with Crippen molar-refractivity contribution in [2.24, 2.45) is 0 Å². The highest BCUT2D eigenvalue weighted by Gasteiger charge is 2.22. The predicted molar refractivity (Wildman–Crippen MR) is 124 cm³/mol. The highest BCUT2D eigenvalue weighted by atomic mass is 32.1. The van der Waals surface area contributed by atoms with E-state index in [2.05, 4.69) is 45.5 Å². The topological polar surface area (TPSA) is 70.2 Å². The van der Waals surface area contributed by atoms with Crippen molar-refractivity contribution in [3.8, 4) is 11.4 Å². The van der Waals surface area contributed by atoms with Gasteiger partial charge >= 0.3 is 0 Å². The van der Waals surface area contributed by atoms with Gasteiger partial charge in [-0.1, -0.05) is 12.1 Å². The van der Waals surface area contributed by atoms with E-state index < -0.39 is 0 Å². The molecule has 0 unspecified atom stereocenters. The minimum atomic E-state index is 0.726. The largest absolute Gasteiger partial charge is 0.378 e. The number of thiazole rings is 1. The van der Waals surface area contributed by atoms with Crippen LogP contribution < -0.4 is 4.90 Å². The molecule has 2 aliphatic rings. The Labute approximate surface area is 185 Å². The van der Waals surface area contributed by atoms with Crippen molar-refractivity contribution in [3.63, 3.8) is 0 Å². The molecule has 8 heteroatoms. The zero-order chi connectivity index (χ0) is 20.6. The Morgan fingerprint density at radius 3 is 2.74 bits per heavy atom. The number of nitrogens with one attached hydrogen (secondary N) is 1. The molecule has 0 atom stereocenters. The molecule has 7 nitrogen and oxygen atoms in total. The molecule has 5 heterocycles. The number of ether oxygens (including phenoxy) is 1. The van der Waals surface area contributed by atoms with Crippen LogP contribution in [0, 0.1) is 6.42 Å². The normalized spacial score (nSPS) is 18.3. The molecule has 0 spiro atoms. The lowest BCUT2D eigenvalue weighted by molar-refractivity contribution is 0.122. The van der Waals surface area contributed by atoms with E-state index >= 15 is 0 Å². The summed E-state index contributed by atoms with van der Waals surface area (Å²) in [5.41, 5.74) is 2.94. The van der Waals surface area contributed by atoms with E-state index in [9.17, 15) is 0 Å². The summed E-state index contributed by atoms with van der Waals surface area (Å²) in [6.45, 7) is 6.25. The summed E-state index contributed by atoms with van der Waals surface area (Å²) in [5, 5.41) is 2.26. The molecule has 1 radical (unpaired) electrons. The minimum Gasteiger partial charge on any atom is -0.378 e. The third kappa shape index (κ3) is 3.69. The summed E-state index contributed by atoms with van der Waals surface area (Å²) in [6.07, 6.45) is 6.67. The minimum absolute atomic E-state index is 0.726. The van der Waals surface area contributed by atoms with E-state index in [0.717, 1.165) is 102 Å². The van der Waals surface area contributed by atoms with Crippen LogP contribution in [0.3, 0.4) is 0 Å². The van der Waals surface area contributed by atoms with Crippen molar-refractivity contribution >= 4 is 38.4 Å². The van der Waals surface area contributed by atoms with Gasteiger partial charge in [-0.05, 0) is 44.5 Å². The number of morpholine rings is 1. The molecule has 0 aliphatic carbocycles. The number of aromatic amines is 1. The number of fused-ring (bicyclic) bond motifs is 2. The molecule has 4 aromatic rings. The number of likely N-dealkylation sites (tertiary alicyclic amines) is 1. The molecule has 6 rings (SSSR count). The average Bonchev–Trinajstić information content (AvgIpc) is 3.46. The van der Waals surface area contributed by atoms with Crippen LogP contribution in [0.4, 0.5) is 5.82 Å². The van der Waals surface area contributed by atoms with Crippen molar-refractivity contribution in [1.82, 2.24) is 24.8 Å². The van der Waals surface area contributed by atoms with E-state index in [1.54, 1.807) is 11.3 Å². The number of H-pyrrole nitrogens is 1. The molecule has 0 saturated carbocycles. The molecular weight excluding hydrogens is 408 g/mol. The van der Waals surface area contributed by atoms with Gasteiger partial charge in [-0.2, -0.15) is 0 Å². The van der Waals surface area contributed by atoms with E-state index in [1.807, 2.05) is 6.20 Å². The second kappa shape index (κ2) is 8.18. The SMILES string of the molecule is [CH]1CCN(Cc2nc3nc(-c4cccc5[nH]ccc45)nc(N4CCOCC4)c3s2)CC1. The number of nitrogens with zero attached hydrogens (tertiary/aromatic N) is 5. The van der Waals surface area contributed by atoms with Crippen LogP contribution in [0.2, 0.25) is 0 Å². The number of aromatic nitrogens is 4. The molecule has 159 valence electrons. The molecule has 2 fully saturated rings. The van der Waals surface area contributed by atoms with Gasteiger partial charge in [-0.15, -0.1) is 11.3 Å². The fourth-order valence-corrected chi connectivity index (χ4v) is 5.53. The highest BCUT2D eigenvalue weighted by molar-refractivity contribution is 7.19. The zero-order valence-corrected chi connectivity index (χ0v) is 18.2. The van der Waals surface area contributed by atoms with Gasteiger partial charge in [-0.25, -0.2) is 15.0 Å². The third-order valence-electron chi connectivity index (χ3n) is 6.08. The van der Waals surface area contributed by atoms with Crippen LogP contribution in [0.15, 0.2) is 30.5 Å². The fraction of sp³-hybridized carbons (Fsp3) is 0.391. The Morgan fingerprint density at radius 2 is 1.87 bits per heavy atom. The van der Waals surface area contributed by atoms with Crippen molar-refractivity contribution < 1.29 is 4.74 Å². The van der Waals surface area contributed by atoms with Gasteiger partial charge < -0.3 is 14.6 Å². The van der Waals surface area contributed by atoms with E-state index in [1.165, 1.54) is 0 Å². The summed E-state index contributed by atoms with van der Waals surface area (Å²) >= 11 is 1.74. The maximum Gasteiger partial charge on any atom is 0.176 e. The molecule has 2 saturated heterocycles. The van der Waals surface area contributed by atoms with E-state index in [4.69, 9.17) is 19.7 Å². The first-order valence-corrected chi connectivity index (χ1v) is 11.8. The molecule has 0 amide bonds. The number of benzene rings is 1. The summed E-state index contributed by atoms with van der Waals surface area (Å²) in [5.74, 6) is 1.73. The number of hydrogen-bond acceptors (Lipinski definition) is 7. The van der Waals surface area contributed by atoms with Crippen LogP contribution in [0.5, 0.6) is 0 Å². The van der Waals surface area contributed by atoms with Gasteiger partial charge in [-0.3, -0.25) is 4.90 Å². The number of piperidine rings is 1. The van der Waals surface area contributed by atoms with Gasteiger partial charge in [0, 0.05) is 35.8 Å². The maximum atomic E-state index is 5.59. The van der Waals surface area contributed by atoms with Gasteiger partial charge in [0.25, 0.3) is 0 Å². The molecule has 1 aromatic carbocycles. The van der Waals surface area contributed by atoms with Crippen LogP contribution in [-0.4, -0.2) is 64.2 Å². The second-order valence-electron chi connectivity index (χ2n) is 8.12. The quantitative estimate of drug-likeness (QED) is 0.527. The predicted octanol–water partition coefficient (Wildman–Crippen LogP) is 3.87. The Bertz CT molecular complexity index is 1210. The lowest BCUT2D eigenvalue weighted by Crippen LogP contribution is -2.36. The van der Waals surface area contributed by atoms with Crippen molar-refractivity contribution in [2.75, 3.05) is 44.3 Å². The summed E-state index contributed by atoms with van der Waals surface area (Å²) < 4.78 is 6.68. The lowest BCUT2D eigenvalue weighted by atomic mass is 10.1. The van der Waals surface area contributed by atoms with Crippen molar-refractivity contribution in [1.29, 1.82) is 0 Å². The van der Waals surface area contributed by atoms with Crippen LogP contribution in [-0.2, 0) is 11.3 Å². The lowest BCUT2D eigenvalue weighted by Gasteiger charge is -2.28. The molecular formula is C23H25N6OS. The molecule has 31 heavy (non-hydrogen) atoms. The van der Waals surface area contributed by atoms with Crippen molar-refractivity contribution in [3.05, 3.63) is 41.9 Å². The monoisotopic (exact) mass is 433 g/mol. The number of rotatable bonds is 4. The van der Waals surface area contributed by atoms with Crippen LogP contribution >= 0.6 is 11.3 Å². The first kappa shape index (κ1) is 19.2. The molecule has 0 bridgehead atoms. The first-order valence-electron chi connectivity index (χ1n) is 11.0. The Balaban J connectivity index is 1.46. The summed E-state index contributed by atoms with van der Waals surface area (Å²) in [4.78, 5) is 23.1. The summed E-state index contributed by atoms with van der Waals surface area (Å²) in [7, 11) is 0. The van der Waals surface area contributed by atoms with Gasteiger partial charge in [0.2, 0.25) is 0 Å². The molecule has 1 N–H and O–H groups in total. The Kier molecular flexibility index (Phi) is 5.06. The maximum absolute atomic E-state index is 5.59. The standard InChI is InChI=1S/C23H25N6OS/c1-2-9-28(10-3-1)15-19-25-22-20(31-19)23(29-11-13-30-14-12-29)27-21(26-22)17-5-4-6-18-16(17)7-8-24-18/h1,4-8,24H,2-3,9-15H2. The molecule has 3 aromatic heterocycles. The third-order valence-corrected chi connectivity index (χ3v) is 7.11. The van der Waals surface area contributed by atoms with Crippen LogP contribution in [0.1, 0.15) is 17.8 Å². The zero-order valence-electron chi connectivity index (χ0n) is 17.4. The first-order chi connectivity index (χ1) is 15.3. The highest BCUT2D eigenvalue weighted by Crippen LogP contribution is 2.35. The Hall–Kier alpha value is -2.55. The van der Waals surface area contributed by atoms with Crippen molar-refractivity contribution in [2.45, 2.75) is 19.4 Å². The fourth-order valence-electron chi connectivity index (χ4n) is 4.46. The van der Waals surface area contributed by atoms with Gasteiger partial charge in [0.1, 0.15) is 9.71 Å². The summed E-state index contributed by atoms with van der Waals surface area (Å²) in [6, 6.07) is 8.32. The number of hydrogen-bond donors (Lipinski definition) is 1. The smallest absolute Gasteiger partial charge is 0.176 e. The van der Waals surface area contributed by atoms with E-state index in [-0.39, 0.29) is 0 Å². The second-order valence-corrected chi connectivity index (χ2v) is 9.20. The Morgan fingerprint density at radius 1 is 1.00 bits per heavy atom. The van der Waals surface area contributed by atoms with Gasteiger partial charge in [0.05, 0.1) is 19.8 Å².